The molecule has 1 aliphatic rings. The number of hydrazine groups is 1. The van der Waals surface area contributed by atoms with E-state index in [2.05, 4.69) is 11.1 Å². The summed E-state index contributed by atoms with van der Waals surface area (Å²) in [4.78, 5) is 17.4. The van der Waals surface area contributed by atoms with Gasteiger partial charge < -0.3 is 0 Å². The average Bonchev–Trinajstić information content (AvgIpc) is 2.84. The molecule has 0 unspecified atom stereocenters. The molecule has 0 spiro atoms. The Morgan fingerprint density at radius 2 is 1.68 bits per heavy atom. The first kappa shape index (κ1) is 16.8. The van der Waals surface area contributed by atoms with Gasteiger partial charge in [-0.1, -0.05) is 59.6 Å². The maximum Gasteiger partial charge on any atom is 0.318 e. The van der Waals surface area contributed by atoms with E-state index in [-0.39, 0.29) is 5.91 Å². The first-order chi connectivity index (χ1) is 12.1. The summed E-state index contributed by atoms with van der Waals surface area (Å²) in [7, 11) is 1.89. The van der Waals surface area contributed by atoms with E-state index in [4.69, 9.17) is 0 Å². The maximum absolute atomic E-state index is 12.8. The summed E-state index contributed by atoms with van der Waals surface area (Å²) in [6, 6.07) is 19.2. The molecule has 0 aromatic heterocycles. The maximum atomic E-state index is 12.8. The van der Waals surface area contributed by atoms with Crippen LogP contribution in [0.4, 0.5) is 5.69 Å². The highest BCUT2D eigenvalue weighted by Gasteiger charge is 2.44. The van der Waals surface area contributed by atoms with Gasteiger partial charge >= 0.3 is 5.91 Å². The molecule has 4 heteroatoms. The second-order valence-electron chi connectivity index (χ2n) is 6.13. The Labute approximate surface area is 148 Å². The third-order valence-corrected chi connectivity index (χ3v) is 4.27. The number of allylic oxidation sites excluding steroid dienone is 1. The van der Waals surface area contributed by atoms with Gasteiger partial charge in [-0.2, -0.15) is 0 Å². The fourth-order valence-corrected chi connectivity index (χ4v) is 2.86. The molecule has 1 atom stereocenters. The van der Waals surface area contributed by atoms with Gasteiger partial charge in [-0.3, -0.25) is 9.79 Å². The molecular formula is C21H22N3O+. The highest BCUT2D eigenvalue weighted by molar-refractivity contribution is 6.15. The number of nitrogens with zero attached hydrogens (tertiary/aromatic N) is 3. The van der Waals surface area contributed by atoms with E-state index in [1.54, 1.807) is 11.2 Å². The molecule has 0 N–H and O–H groups in total. The number of hydrazone groups is 1. The summed E-state index contributed by atoms with van der Waals surface area (Å²) in [5, 5.41) is 1.67. The van der Waals surface area contributed by atoms with Gasteiger partial charge in [-0.15, -0.1) is 4.68 Å². The SMILES string of the molecule is CC1=[N+](C)N(c2ccccc2)C(=O)[C@@H]1N=C/C(C)=C/c1ccccc1. The normalized spacial score (nSPS) is 18.5. The first-order valence-electron chi connectivity index (χ1n) is 8.30. The number of benzene rings is 2. The monoisotopic (exact) mass is 332 g/mol. The van der Waals surface area contributed by atoms with Crippen molar-refractivity contribution in [2.75, 3.05) is 12.1 Å². The third kappa shape index (κ3) is 3.58. The lowest BCUT2D eigenvalue weighted by molar-refractivity contribution is -0.495. The smallest absolute Gasteiger partial charge is 0.268 e. The van der Waals surface area contributed by atoms with Crippen LogP contribution >= 0.6 is 0 Å². The minimum atomic E-state index is -0.482. The quantitative estimate of drug-likeness (QED) is 0.622. The van der Waals surface area contributed by atoms with Crippen molar-refractivity contribution in [1.29, 1.82) is 0 Å². The lowest BCUT2D eigenvalue weighted by atomic mass is 10.1. The molecule has 3 rings (SSSR count). The second-order valence-corrected chi connectivity index (χ2v) is 6.13. The largest absolute Gasteiger partial charge is 0.318 e. The number of amides is 1. The minimum Gasteiger partial charge on any atom is -0.268 e. The van der Waals surface area contributed by atoms with E-state index >= 15 is 0 Å². The van der Waals surface area contributed by atoms with E-state index in [0.29, 0.717) is 0 Å². The number of rotatable bonds is 4. The van der Waals surface area contributed by atoms with Crippen LogP contribution in [-0.4, -0.2) is 35.6 Å². The van der Waals surface area contributed by atoms with Gasteiger partial charge in [0.15, 0.2) is 7.05 Å². The van der Waals surface area contributed by atoms with E-state index in [0.717, 1.165) is 22.5 Å². The van der Waals surface area contributed by atoms with E-state index in [1.165, 1.54) is 0 Å². The summed E-state index contributed by atoms with van der Waals surface area (Å²) < 4.78 is 1.87. The number of carbonyl (C=O) groups excluding carboxylic acids is 1. The second kappa shape index (κ2) is 7.26. The Morgan fingerprint density at radius 1 is 1.08 bits per heavy atom. The minimum absolute atomic E-state index is 0.0324. The molecule has 0 saturated heterocycles. The Hall–Kier alpha value is -3.01. The summed E-state index contributed by atoms with van der Waals surface area (Å²) in [5.41, 5.74) is 3.89. The Morgan fingerprint density at radius 3 is 2.32 bits per heavy atom. The van der Waals surface area contributed by atoms with Gasteiger partial charge in [0.25, 0.3) is 0 Å². The van der Waals surface area contributed by atoms with Crippen molar-refractivity contribution < 1.29 is 9.48 Å². The molecule has 0 bridgehead atoms. The fourth-order valence-electron chi connectivity index (χ4n) is 2.86. The summed E-state index contributed by atoms with van der Waals surface area (Å²) in [5.74, 6) is -0.0324. The molecule has 2 aromatic rings. The number of hydrogen-bond acceptors (Lipinski definition) is 2. The van der Waals surface area contributed by atoms with Crippen molar-refractivity contribution in [1.82, 2.24) is 0 Å². The van der Waals surface area contributed by atoms with Crippen LogP contribution in [0.2, 0.25) is 0 Å². The van der Waals surface area contributed by atoms with Gasteiger partial charge in [0.2, 0.25) is 11.8 Å². The topological polar surface area (TPSA) is 35.7 Å². The van der Waals surface area contributed by atoms with Crippen molar-refractivity contribution in [3.63, 3.8) is 0 Å². The van der Waals surface area contributed by atoms with Crippen LogP contribution in [-0.2, 0) is 4.79 Å². The third-order valence-electron chi connectivity index (χ3n) is 4.27. The molecule has 0 saturated carbocycles. The summed E-state index contributed by atoms with van der Waals surface area (Å²) >= 11 is 0. The van der Waals surface area contributed by atoms with E-state index < -0.39 is 6.04 Å². The first-order valence-corrected chi connectivity index (χ1v) is 8.30. The molecule has 4 nitrogen and oxygen atoms in total. The molecule has 126 valence electrons. The van der Waals surface area contributed by atoms with Crippen LogP contribution < -0.4 is 5.01 Å². The number of hydrogen-bond donors (Lipinski definition) is 0. The molecule has 0 fully saturated rings. The molecule has 0 radical (unpaired) electrons. The molecule has 1 aliphatic heterocycles. The van der Waals surface area contributed by atoms with Gasteiger partial charge in [0, 0.05) is 13.1 Å². The molecular weight excluding hydrogens is 310 g/mol. The Bertz CT molecular complexity index is 851. The Kier molecular flexibility index (Phi) is 4.89. The number of carbonyl (C=O) groups is 1. The van der Waals surface area contributed by atoms with Crippen LogP contribution in [0.1, 0.15) is 19.4 Å². The zero-order valence-electron chi connectivity index (χ0n) is 14.8. The zero-order valence-corrected chi connectivity index (χ0v) is 14.8. The fraction of sp³-hybridized carbons (Fsp3) is 0.190. The number of anilines is 1. The standard InChI is InChI=1S/C21H22N3O/c1-16(14-18-10-6-4-7-11-18)15-22-20-17(2)23(3)24(21(20)25)19-12-8-5-9-13-19/h4-15,20H,1-3H3/q+1/b16-14+,22-15?/t20-/m1/s1. The van der Waals surface area contributed by atoms with Crippen LogP contribution in [0.25, 0.3) is 6.08 Å². The zero-order chi connectivity index (χ0) is 17.8. The predicted molar refractivity (Wildman–Crippen MR) is 103 cm³/mol. The van der Waals surface area contributed by atoms with Crippen LogP contribution in [0.15, 0.2) is 71.2 Å². The average molecular weight is 332 g/mol. The van der Waals surface area contributed by atoms with Crippen molar-refractivity contribution in [3.8, 4) is 0 Å². The van der Waals surface area contributed by atoms with Gasteiger partial charge in [0.05, 0.1) is 0 Å². The molecule has 1 heterocycles. The summed E-state index contributed by atoms with van der Waals surface area (Å²) in [6.07, 6.45) is 3.83. The number of para-hydroxylation sites is 1. The molecule has 2 aromatic carbocycles. The number of aliphatic imine (C=N–C) groups is 1. The lowest BCUT2D eigenvalue weighted by Crippen LogP contribution is -2.35. The van der Waals surface area contributed by atoms with Crippen molar-refractivity contribution in [2.24, 2.45) is 4.99 Å². The van der Waals surface area contributed by atoms with Crippen LogP contribution in [0.3, 0.4) is 0 Å². The predicted octanol–water partition coefficient (Wildman–Crippen LogP) is 3.59. The lowest BCUT2D eigenvalue weighted by Gasteiger charge is -2.10. The molecule has 25 heavy (non-hydrogen) atoms. The molecule has 1 amide bonds. The van der Waals surface area contributed by atoms with Gasteiger partial charge in [-0.25, -0.2) is 0 Å². The van der Waals surface area contributed by atoms with Crippen LogP contribution in [0.5, 0.6) is 0 Å². The highest BCUT2D eigenvalue weighted by atomic mass is 16.2. The van der Waals surface area contributed by atoms with Crippen LogP contribution in [0, 0.1) is 0 Å². The summed E-state index contributed by atoms with van der Waals surface area (Å²) in [6.45, 7) is 3.93. The van der Waals surface area contributed by atoms with Crippen molar-refractivity contribution >= 4 is 29.6 Å². The van der Waals surface area contributed by atoms with Crippen molar-refractivity contribution in [2.45, 2.75) is 19.9 Å². The Balaban J connectivity index is 1.82. The highest BCUT2D eigenvalue weighted by Crippen LogP contribution is 2.20. The van der Waals surface area contributed by atoms with Gasteiger partial charge in [0.1, 0.15) is 5.69 Å². The van der Waals surface area contributed by atoms with Gasteiger partial charge in [-0.05, 0) is 30.2 Å². The van der Waals surface area contributed by atoms with E-state index in [1.807, 2.05) is 86.2 Å². The van der Waals surface area contributed by atoms with Crippen molar-refractivity contribution in [3.05, 3.63) is 71.8 Å². The molecule has 0 aliphatic carbocycles. The van der Waals surface area contributed by atoms with E-state index in [9.17, 15) is 4.79 Å².